The van der Waals surface area contributed by atoms with E-state index in [2.05, 4.69) is 0 Å². The van der Waals surface area contributed by atoms with Gasteiger partial charge in [-0.15, -0.1) is 0 Å². The molecule has 0 aromatic rings. The fraction of sp³-hybridized carbons (Fsp3) is 0. The van der Waals surface area contributed by atoms with Gasteiger partial charge < -0.3 is 16.4 Å². The fourth-order valence-electron chi connectivity index (χ4n) is 0. The van der Waals surface area contributed by atoms with Crippen molar-refractivity contribution in [3.05, 3.63) is 0 Å². The molecule has 3 N–H and O–H groups in total. The van der Waals surface area contributed by atoms with Crippen LogP contribution in [0.3, 0.4) is 0 Å². The van der Waals surface area contributed by atoms with Gasteiger partial charge in [-0.3, -0.25) is 0 Å². The maximum absolute atomic E-state index is 0. The molecule has 4 heteroatoms. The van der Waals surface area contributed by atoms with Crippen LogP contribution in [-0.4, -0.2) is 16.4 Å². The first-order valence-electron chi connectivity index (χ1n) is 0. The molecule has 0 rings (SSSR count). The zero-order valence-electron chi connectivity index (χ0n) is 1.72. The van der Waals surface area contributed by atoms with Gasteiger partial charge >= 0.3 is 0 Å². The van der Waals surface area contributed by atoms with E-state index in [1.54, 1.807) is 0 Å². The summed E-state index contributed by atoms with van der Waals surface area (Å²) in [6, 6.07) is 0. The molecule has 3 nitrogen and oxygen atoms in total. The van der Waals surface area contributed by atoms with Crippen LogP contribution in [0.1, 0.15) is 0 Å². The maximum Gasteiger partial charge on any atom is 0 e. The van der Waals surface area contributed by atoms with Crippen molar-refractivity contribution in [2.75, 3.05) is 0 Å². The van der Waals surface area contributed by atoms with Crippen LogP contribution in [0.5, 0.6) is 0 Å². The van der Waals surface area contributed by atoms with Gasteiger partial charge in [-0.1, -0.05) is 0 Å². The third-order valence-electron chi connectivity index (χ3n) is 0. The van der Waals surface area contributed by atoms with Crippen molar-refractivity contribution in [1.29, 1.82) is 0 Å². The molecule has 0 fully saturated rings. The van der Waals surface area contributed by atoms with Crippen molar-refractivity contribution in [3.8, 4) is 0 Å². The van der Waals surface area contributed by atoms with E-state index in [-0.39, 0.29) is 30.7 Å². The van der Waals surface area contributed by atoms with Crippen molar-refractivity contribution >= 4 is 0 Å². The second kappa shape index (κ2) is 232. The molecule has 1 radical (unpaired) electrons. The predicted molar refractivity (Wildman–Crippen MR) is 5.81 cm³/mol. The van der Waals surface area contributed by atoms with E-state index in [0.29, 0.717) is 0 Å². The summed E-state index contributed by atoms with van der Waals surface area (Å²) in [6.07, 6.45) is 0. The Balaban J connectivity index is 0. The van der Waals surface area contributed by atoms with E-state index >= 15 is 0 Å². The molecule has 4 heavy (non-hydrogen) atoms. The van der Waals surface area contributed by atoms with Crippen LogP contribution >= 0.6 is 0 Å². The minimum absolute atomic E-state index is 0. The molecule has 0 unspecified atom stereocenters. The van der Waals surface area contributed by atoms with E-state index in [1.807, 2.05) is 0 Å². The largest absolute Gasteiger partial charge is 0.870 e. The normalized spacial score (nSPS) is 0. The summed E-state index contributed by atoms with van der Waals surface area (Å²) in [4.78, 5) is 0. The van der Waals surface area contributed by atoms with Gasteiger partial charge in [-0.2, -0.15) is 0 Å². The Hall–Kier alpha value is 0.270. The Morgan fingerprint density at radius 1 is 0.500 bits per heavy atom. The van der Waals surface area contributed by atoms with Gasteiger partial charge in [-0.25, -0.2) is 0 Å². The molecule has 0 atom stereocenters. The van der Waals surface area contributed by atoms with E-state index in [9.17, 15) is 0 Å². The molecule has 0 aliphatic heterocycles. The third-order valence-corrected chi connectivity index (χ3v) is 0. The minimum Gasteiger partial charge on any atom is -0.870 e. The maximum atomic E-state index is 0. The van der Waals surface area contributed by atoms with Crippen LogP contribution in [0.4, 0.5) is 0 Å². The summed E-state index contributed by atoms with van der Waals surface area (Å²) < 4.78 is 0. The van der Waals surface area contributed by atoms with Crippen molar-refractivity contribution in [2.45, 2.75) is 0 Å². The summed E-state index contributed by atoms with van der Waals surface area (Å²) in [7, 11) is 0. The second-order valence-corrected chi connectivity index (χ2v) is 0. The molecule has 0 aromatic heterocycles. The molecule has 0 saturated carbocycles. The first kappa shape index (κ1) is 628. The van der Waals surface area contributed by atoms with Gasteiger partial charge in [0.25, 0.3) is 0 Å². The SMILES string of the molecule is [Am].[OH-].[OH-].[OH-]. The predicted octanol–water partition coefficient (Wildman–Crippen LogP) is -0.530. The zero-order valence-corrected chi connectivity index (χ0v) is 4.87. The smallest absolute Gasteiger partial charge is 0 e. The van der Waals surface area contributed by atoms with Crippen LogP contribution in [0.2, 0.25) is 0 Å². The van der Waals surface area contributed by atoms with Crippen molar-refractivity contribution in [2.24, 2.45) is 0 Å². The molecule has 0 aliphatic rings. The van der Waals surface area contributed by atoms with E-state index < -0.39 is 0 Å². The molecular weight excluding hydrogens is 291 g/mol. The van der Waals surface area contributed by atoms with E-state index in [0.717, 1.165) is 0 Å². The van der Waals surface area contributed by atoms with Crippen LogP contribution in [0.15, 0.2) is 0 Å². The molecule has 0 heterocycles. The molecule has 0 bridgehead atoms. The average molecular weight is 294 g/mol. The summed E-state index contributed by atoms with van der Waals surface area (Å²) in [5, 5.41) is 0. The molecule has 0 saturated heterocycles. The van der Waals surface area contributed by atoms with E-state index in [1.165, 1.54) is 0 Å². The zero-order chi connectivity index (χ0) is 0. The van der Waals surface area contributed by atoms with Crippen LogP contribution in [0.25, 0.3) is 0 Å². The van der Waals surface area contributed by atoms with Crippen LogP contribution in [0, 0.1) is 14.3 Å². The van der Waals surface area contributed by atoms with Crippen molar-refractivity contribution in [1.82, 2.24) is 0 Å². The Labute approximate surface area is 31.8 Å². The van der Waals surface area contributed by atoms with Gasteiger partial charge in [-0.05, 0) is 0 Å². The Bertz CT molecular complexity index is 3.25. The summed E-state index contributed by atoms with van der Waals surface area (Å²) >= 11 is 0. The minimum atomic E-state index is 0. The molecule has 31 valence electrons. The molecule has 0 spiro atoms. The molecule has 0 amide bonds. The third kappa shape index (κ3) is 50.3. The average Bonchev–Trinajstić information content (AvgIpc) is 0. The summed E-state index contributed by atoms with van der Waals surface area (Å²) in [5.74, 6) is 0. The molecule has 0 aromatic carbocycles. The molecular formula is H3AmO3-3. The van der Waals surface area contributed by atoms with Crippen LogP contribution in [-0.2, 0) is 0 Å². The standard InChI is InChI=1S/Am.3H2O/h;3*1H2/p-3. The van der Waals surface area contributed by atoms with Crippen molar-refractivity contribution in [3.63, 3.8) is 0 Å². The first-order valence-corrected chi connectivity index (χ1v) is 0. The number of hydrogen-bond acceptors (Lipinski definition) is 3. The van der Waals surface area contributed by atoms with Gasteiger partial charge in [0, 0.05) is 14.3 Å². The van der Waals surface area contributed by atoms with Gasteiger partial charge in [0.05, 0.1) is 0 Å². The Morgan fingerprint density at radius 3 is 0.500 bits per heavy atom. The fourth-order valence-corrected chi connectivity index (χ4v) is 0. The summed E-state index contributed by atoms with van der Waals surface area (Å²) in [6.45, 7) is 0. The number of hydrogen-bond donors (Lipinski definition) is 0. The topological polar surface area (TPSA) is 90.0 Å². The molecule has 0 aliphatic carbocycles. The number of rotatable bonds is 0. The van der Waals surface area contributed by atoms with Gasteiger partial charge in [0.15, 0.2) is 0 Å². The summed E-state index contributed by atoms with van der Waals surface area (Å²) in [5.41, 5.74) is 0. The van der Waals surface area contributed by atoms with Gasteiger partial charge in [0.2, 0.25) is 0 Å². The van der Waals surface area contributed by atoms with E-state index in [4.69, 9.17) is 0 Å². The Kier molecular flexibility index (Phi) is 36400. The Morgan fingerprint density at radius 2 is 0.500 bits per heavy atom. The van der Waals surface area contributed by atoms with Gasteiger partial charge in [0.1, 0.15) is 0 Å². The van der Waals surface area contributed by atoms with Crippen molar-refractivity contribution < 1.29 is 30.7 Å². The first-order chi connectivity index (χ1) is 0. The second-order valence-electron chi connectivity index (χ2n) is 0. The quantitative estimate of drug-likeness (QED) is 0.601. The van der Waals surface area contributed by atoms with Crippen LogP contribution < -0.4 is 0 Å². The monoisotopic (exact) mass is 292 g/mol.